The van der Waals surface area contributed by atoms with E-state index in [1.54, 1.807) is 19.9 Å². The molecule has 0 spiro atoms. The lowest BCUT2D eigenvalue weighted by molar-refractivity contribution is -0.384. The Kier molecular flexibility index (Phi) is 5.10. The molecule has 0 saturated carbocycles. The molecule has 0 aliphatic rings. The number of nitro groups is 1. The average Bonchev–Trinajstić information content (AvgIpc) is 2.37. The molecule has 0 aliphatic heterocycles. The van der Waals surface area contributed by atoms with Crippen LogP contribution in [0.15, 0.2) is 18.2 Å². The number of rotatable bonds is 6. The van der Waals surface area contributed by atoms with Crippen LogP contribution in [0.5, 0.6) is 0 Å². The highest BCUT2D eigenvalue weighted by molar-refractivity contribution is 14.1. The summed E-state index contributed by atoms with van der Waals surface area (Å²) in [6.07, 6.45) is 0.845. The normalized spacial score (nSPS) is 11.1. The largest absolute Gasteiger partial charge is 0.480 e. The second-order valence-corrected chi connectivity index (χ2v) is 5.30. The molecule has 104 valence electrons. The highest BCUT2D eigenvalue weighted by Gasteiger charge is 2.35. The second kappa shape index (κ2) is 6.18. The molecule has 0 aromatic heterocycles. The van der Waals surface area contributed by atoms with Crippen LogP contribution in [-0.4, -0.2) is 21.5 Å². The number of carboxylic acids is 1. The molecule has 1 aromatic carbocycles. The molecule has 1 rings (SSSR count). The third-order valence-electron chi connectivity index (χ3n) is 3.15. The van der Waals surface area contributed by atoms with Crippen molar-refractivity contribution in [3.8, 4) is 0 Å². The Bertz CT molecular complexity index is 501. The quantitative estimate of drug-likeness (QED) is 0.450. The fourth-order valence-corrected chi connectivity index (χ4v) is 2.39. The van der Waals surface area contributed by atoms with E-state index in [9.17, 15) is 20.0 Å². The Labute approximate surface area is 124 Å². The first-order chi connectivity index (χ1) is 8.86. The van der Waals surface area contributed by atoms with Crippen molar-refractivity contribution in [3.63, 3.8) is 0 Å². The summed E-state index contributed by atoms with van der Waals surface area (Å²) in [6, 6.07) is 4.33. The zero-order valence-corrected chi connectivity index (χ0v) is 12.8. The van der Waals surface area contributed by atoms with E-state index >= 15 is 0 Å². The van der Waals surface area contributed by atoms with Crippen LogP contribution < -0.4 is 5.32 Å². The summed E-state index contributed by atoms with van der Waals surface area (Å²) in [7, 11) is 0. The number of aliphatic carboxylic acids is 1. The number of carbonyl (C=O) groups is 1. The van der Waals surface area contributed by atoms with E-state index in [2.05, 4.69) is 5.32 Å². The Balaban J connectivity index is 3.11. The number of non-ortho nitro benzene ring substituents is 1. The topological polar surface area (TPSA) is 92.5 Å². The molecule has 0 atom stereocenters. The smallest absolute Gasteiger partial charge is 0.329 e. The van der Waals surface area contributed by atoms with Crippen molar-refractivity contribution in [2.24, 2.45) is 0 Å². The molecule has 0 aliphatic carbocycles. The molecule has 0 radical (unpaired) electrons. The van der Waals surface area contributed by atoms with Crippen LogP contribution >= 0.6 is 22.6 Å². The van der Waals surface area contributed by atoms with E-state index in [1.165, 1.54) is 12.1 Å². The van der Waals surface area contributed by atoms with Crippen LogP contribution in [0.25, 0.3) is 0 Å². The maximum Gasteiger partial charge on any atom is 0.329 e. The number of anilines is 1. The average molecular weight is 378 g/mol. The van der Waals surface area contributed by atoms with E-state index in [0.717, 1.165) is 0 Å². The van der Waals surface area contributed by atoms with Crippen molar-refractivity contribution in [3.05, 3.63) is 31.9 Å². The monoisotopic (exact) mass is 378 g/mol. The minimum absolute atomic E-state index is 0.0103. The first kappa shape index (κ1) is 15.7. The number of halogens is 1. The number of nitro benzene ring substituents is 1. The summed E-state index contributed by atoms with van der Waals surface area (Å²) >= 11 is 1.96. The Morgan fingerprint density at radius 3 is 2.42 bits per heavy atom. The van der Waals surface area contributed by atoms with Crippen molar-refractivity contribution in [2.45, 2.75) is 32.2 Å². The zero-order chi connectivity index (χ0) is 14.6. The lowest BCUT2D eigenvalue weighted by Gasteiger charge is -2.29. The molecule has 1 aromatic rings. The van der Waals surface area contributed by atoms with Gasteiger partial charge < -0.3 is 10.4 Å². The van der Waals surface area contributed by atoms with Crippen molar-refractivity contribution >= 4 is 39.9 Å². The lowest BCUT2D eigenvalue weighted by Crippen LogP contribution is -2.45. The van der Waals surface area contributed by atoms with Crippen molar-refractivity contribution in [1.82, 2.24) is 0 Å². The fraction of sp³-hybridized carbons (Fsp3) is 0.417. The molecule has 0 unspecified atom stereocenters. The molecule has 19 heavy (non-hydrogen) atoms. The number of nitrogens with zero attached hydrogens (tertiary/aromatic N) is 1. The number of hydrogen-bond donors (Lipinski definition) is 2. The molecule has 7 heteroatoms. The summed E-state index contributed by atoms with van der Waals surface area (Å²) in [5.41, 5.74) is -0.461. The summed E-state index contributed by atoms with van der Waals surface area (Å²) in [5, 5.41) is 23.0. The van der Waals surface area contributed by atoms with E-state index in [-0.39, 0.29) is 5.69 Å². The Morgan fingerprint density at radius 1 is 1.47 bits per heavy atom. The van der Waals surface area contributed by atoms with Gasteiger partial charge in [0, 0.05) is 21.4 Å². The predicted molar refractivity (Wildman–Crippen MR) is 80.4 cm³/mol. The van der Waals surface area contributed by atoms with Gasteiger partial charge in [0.1, 0.15) is 5.54 Å². The number of benzene rings is 1. The van der Waals surface area contributed by atoms with Gasteiger partial charge >= 0.3 is 5.97 Å². The van der Waals surface area contributed by atoms with Gasteiger partial charge in [0.2, 0.25) is 0 Å². The number of hydrogen-bond acceptors (Lipinski definition) is 4. The lowest BCUT2D eigenvalue weighted by atomic mass is 9.92. The number of nitrogens with one attached hydrogen (secondary N) is 1. The molecular weight excluding hydrogens is 363 g/mol. The maximum absolute atomic E-state index is 11.4. The van der Waals surface area contributed by atoms with Gasteiger partial charge in [0.25, 0.3) is 5.69 Å². The van der Waals surface area contributed by atoms with Crippen LogP contribution in [0, 0.1) is 13.7 Å². The van der Waals surface area contributed by atoms with E-state index < -0.39 is 16.4 Å². The molecule has 0 fully saturated rings. The molecular formula is C12H15IN2O4. The zero-order valence-electron chi connectivity index (χ0n) is 10.6. The van der Waals surface area contributed by atoms with Gasteiger partial charge in [-0.1, -0.05) is 13.8 Å². The predicted octanol–water partition coefficient (Wildman–Crippen LogP) is 3.25. The van der Waals surface area contributed by atoms with Gasteiger partial charge in [0.15, 0.2) is 0 Å². The second-order valence-electron chi connectivity index (χ2n) is 4.14. The Morgan fingerprint density at radius 2 is 2.05 bits per heavy atom. The molecule has 0 bridgehead atoms. The first-order valence-corrected chi connectivity index (χ1v) is 6.89. The van der Waals surface area contributed by atoms with Crippen molar-refractivity contribution < 1.29 is 14.8 Å². The van der Waals surface area contributed by atoms with Gasteiger partial charge in [-0.25, -0.2) is 4.79 Å². The molecule has 0 heterocycles. The van der Waals surface area contributed by atoms with Gasteiger partial charge in [-0.3, -0.25) is 10.1 Å². The molecule has 0 amide bonds. The van der Waals surface area contributed by atoms with Gasteiger partial charge in [-0.05, 0) is 41.5 Å². The minimum Gasteiger partial charge on any atom is -0.480 e. The van der Waals surface area contributed by atoms with Gasteiger partial charge in [-0.2, -0.15) is 0 Å². The van der Waals surface area contributed by atoms with Crippen LogP contribution in [0.4, 0.5) is 11.4 Å². The standard InChI is InChI=1S/C12H15IN2O4/c1-3-12(4-2,11(16)17)14-10-6-5-8(15(18)19)7-9(10)13/h5-7,14H,3-4H2,1-2H3,(H,16,17). The molecule has 0 saturated heterocycles. The SMILES string of the molecule is CCC(CC)(Nc1ccc([N+](=O)[O-])cc1I)C(=O)O. The van der Waals surface area contributed by atoms with E-state index in [0.29, 0.717) is 22.1 Å². The van der Waals surface area contributed by atoms with Gasteiger partial charge in [0.05, 0.1) is 4.92 Å². The maximum atomic E-state index is 11.4. The summed E-state index contributed by atoms with van der Waals surface area (Å²) in [5.74, 6) is -0.924. The first-order valence-electron chi connectivity index (χ1n) is 5.81. The third kappa shape index (κ3) is 3.34. The van der Waals surface area contributed by atoms with E-state index in [1.807, 2.05) is 22.6 Å². The highest BCUT2D eigenvalue weighted by Crippen LogP contribution is 2.29. The molecule has 6 nitrogen and oxygen atoms in total. The van der Waals surface area contributed by atoms with Crippen molar-refractivity contribution in [2.75, 3.05) is 5.32 Å². The molecule has 2 N–H and O–H groups in total. The summed E-state index contributed by atoms with van der Waals surface area (Å²) in [6.45, 7) is 3.59. The van der Waals surface area contributed by atoms with E-state index in [4.69, 9.17) is 0 Å². The van der Waals surface area contributed by atoms with Crippen LogP contribution in [0.3, 0.4) is 0 Å². The Hall–Kier alpha value is -1.38. The minimum atomic E-state index is -1.05. The van der Waals surface area contributed by atoms with Crippen LogP contribution in [0.1, 0.15) is 26.7 Å². The van der Waals surface area contributed by atoms with Crippen molar-refractivity contribution in [1.29, 1.82) is 0 Å². The fourth-order valence-electron chi connectivity index (χ4n) is 1.76. The summed E-state index contributed by atoms with van der Waals surface area (Å²) in [4.78, 5) is 21.6. The van der Waals surface area contributed by atoms with Crippen LogP contribution in [0.2, 0.25) is 0 Å². The van der Waals surface area contributed by atoms with Gasteiger partial charge in [-0.15, -0.1) is 0 Å². The number of carboxylic acid groups (broad SMARTS) is 1. The highest BCUT2D eigenvalue weighted by atomic mass is 127. The third-order valence-corrected chi connectivity index (χ3v) is 4.05. The summed E-state index contributed by atoms with van der Waals surface area (Å²) < 4.78 is 0.624. The van der Waals surface area contributed by atoms with Crippen LogP contribution in [-0.2, 0) is 4.79 Å².